The van der Waals surface area contributed by atoms with Crippen molar-refractivity contribution in [1.82, 2.24) is 14.8 Å². The number of carbonyl (C=O) groups excluding carboxylic acids is 4. The zero-order valence-electron chi connectivity index (χ0n) is 31.5. The Morgan fingerprint density at radius 2 is 0.983 bits per heavy atom. The summed E-state index contributed by atoms with van der Waals surface area (Å²) < 4.78 is 79.7. The number of rotatable bonds is 12. The molecule has 0 amide bonds. The molecule has 306 valence electrons. The summed E-state index contributed by atoms with van der Waals surface area (Å²) in [5, 5.41) is 8.23. The van der Waals surface area contributed by atoms with Gasteiger partial charge in [-0.2, -0.15) is 13.2 Å². The third kappa shape index (κ3) is 9.51. The number of aromatic nitrogens is 3. The molecule has 5 unspecified atom stereocenters. The van der Waals surface area contributed by atoms with E-state index in [0.29, 0.717) is 10.3 Å². The molecular weight excluding hydrogens is 787 g/mol. The van der Waals surface area contributed by atoms with Gasteiger partial charge in [0.25, 0.3) is 0 Å². The van der Waals surface area contributed by atoms with Gasteiger partial charge in [-0.25, -0.2) is 19.2 Å². The van der Waals surface area contributed by atoms with Crippen molar-refractivity contribution in [3.05, 3.63) is 174 Å². The van der Waals surface area contributed by atoms with Crippen LogP contribution in [0.3, 0.4) is 0 Å². The van der Waals surface area contributed by atoms with E-state index in [-0.39, 0.29) is 33.6 Å². The number of hydrogen-bond acceptors (Lipinski definition) is 12. The largest absolute Gasteiger partial charge is 0.497 e. The molecule has 2 heterocycles. The maximum absolute atomic E-state index is 14.5. The van der Waals surface area contributed by atoms with E-state index in [1.165, 1.54) is 79.9 Å². The van der Waals surface area contributed by atoms with Crippen LogP contribution >= 0.6 is 0 Å². The van der Waals surface area contributed by atoms with E-state index in [1.54, 1.807) is 72.8 Å². The molecule has 1 aromatic heterocycles. The Balaban J connectivity index is 1.42. The van der Waals surface area contributed by atoms with Gasteiger partial charge >= 0.3 is 30.1 Å². The third-order valence-electron chi connectivity index (χ3n) is 9.20. The maximum Gasteiger partial charge on any atom is 0.406 e. The average molecular weight is 822 g/mol. The highest BCUT2D eigenvalue weighted by Gasteiger charge is 2.56. The Morgan fingerprint density at radius 3 is 1.42 bits per heavy atom. The first-order valence-electron chi connectivity index (χ1n) is 18.3. The minimum atomic E-state index is -4.88. The lowest BCUT2D eigenvalue weighted by Gasteiger charge is -2.43. The topological polar surface area (TPSA) is 154 Å². The Labute approximate surface area is 340 Å². The van der Waals surface area contributed by atoms with Gasteiger partial charge in [-0.1, -0.05) is 72.8 Å². The number of alkyl halides is 3. The molecule has 5 atom stereocenters. The van der Waals surface area contributed by atoms with Crippen LogP contribution < -0.4 is 4.74 Å². The summed E-state index contributed by atoms with van der Waals surface area (Å²) in [7, 11) is 1.42. The fourth-order valence-corrected chi connectivity index (χ4v) is 6.36. The first kappa shape index (κ1) is 40.9. The normalized spacial score (nSPS) is 18.8. The summed E-state index contributed by atoms with van der Waals surface area (Å²) in [4.78, 5) is 55.4. The second-order valence-electron chi connectivity index (χ2n) is 13.2. The molecule has 1 fully saturated rings. The molecule has 0 aliphatic carbocycles. The summed E-state index contributed by atoms with van der Waals surface area (Å²) in [5.41, 5.74) is 0.217. The predicted molar refractivity (Wildman–Crippen MR) is 204 cm³/mol. The number of nitrogens with zero attached hydrogens (tertiary/aromatic N) is 3. The van der Waals surface area contributed by atoms with Crippen LogP contribution in [-0.2, 0) is 30.2 Å². The molecule has 0 bridgehead atoms. The molecule has 0 saturated carbocycles. The van der Waals surface area contributed by atoms with E-state index < -0.39 is 73.1 Å². The van der Waals surface area contributed by atoms with E-state index >= 15 is 0 Å². The monoisotopic (exact) mass is 821 g/mol. The zero-order chi connectivity index (χ0) is 42.2. The molecule has 0 N–H and O–H groups in total. The molecule has 6 aromatic rings. The summed E-state index contributed by atoms with van der Waals surface area (Å²) in [6, 6.07) is 36.3. The lowest BCUT2D eigenvalue weighted by Crippen LogP contribution is -2.60. The van der Waals surface area contributed by atoms with Gasteiger partial charge in [0.05, 0.1) is 29.4 Å². The maximum atomic E-state index is 14.5. The third-order valence-corrected chi connectivity index (χ3v) is 9.20. The van der Waals surface area contributed by atoms with Crippen LogP contribution in [0.25, 0.3) is 11.4 Å². The summed E-state index contributed by atoms with van der Waals surface area (Å²) in [6.45, 7) is -1.68. The van der Waals surface area contributed by atoms with E-state index in [2.05, 4.69) is 10.2 Å². The smallest absolute Gasteiger partial charge is 0.406 e. The fraction of sp³-hybridized carbons (Fsp3) is 0.182. The molecule has 16 heteroatoms. The average Bonchev–Trinajstić information content (AvgIpc) is 3.67. The summed E-state index contributed by atoms with van der Waals surface area (Å²) >= 11 is 0. The van der Waals surface area contributed by atoms with Gasteiger partial charge in [0, 0.05) is 5.56 Å². The minimum Gasteiger partial charge on any atom is -0.497 e. The van der Waals surface area contributed by atoms with Gasteiger partial charge in [-0.15, -0.1) is 10.2 Å². The number of benzene rings is 5. The minimum absolute atomic E-state index is 0.00155. The standard InChI is InChI=1S/C44H34F3N3O10/c1-55-32-24-22-27(23-25-32)37-48-49-38(50(37)26-44(45,46)47)35-33(56-39(51)28-14-6-2-7-15-28)34(57-40(52)29-16-8-3-9-17-29)36(58-41(53)30-18-10-4-11-19-30)43(59-35)60-42(54)31-20-12-5-13-21-31/h2-25,33-36,43H,26H2,1H3. The molecule has 1 saturated heterocycles. The van der Waals surface area contributed by atoms with Gasteiger partial charge < -0.3 is 28.4 Å². The highest BCUT2D eigenvalue weighted by Crippen LogP contribution is 2.40. The van der Waals surface area contributed by atoms with Crippen molar-refractivity contribution in [1.29, 1.82) is 0 Å². The van der Waals surface area contributed by atoms with Crippen LogP contribution in [-0.4, -0.2) is 76.5 Å². The van der Waals surface area contributed by atoms with E-state index in [4.69, 9.17) is 28.4 Å². The van der Waals surface area contributed by atoms with Crippen LogP contribution in [0.1, 0.15) is 53.4 Å². The van der Waals surface area contributed by atoms with Crippen molar-refractivity contribution >= 4 is 23.9 Å². The fourth-order valence-electron chi connectivity index (χ4n) is 6.36. The van der Waals surface area contributed by atoms with Crippen LogP contribution in [0.4, 0.5) is 13.2 Å². The van der Waals surface area contributed by atoms with Crippen molar-refractivity contribution in [2.45, 2.75) is 43.4 Å². The second-order valence-corrected chi connectivity index (χ2v) is 13.2. The number of halogens is 3. The molecule has 5 aromatic carbocycles. The van der Waals surface area contributed by atoms with Crippen LogP contribution in [0.5, 0.6) is 5.75 Å². The lowest BCUT2D eigenvalue weighted by atomic mass is 9.96. The summed E-state index contributed by atoms with van der Waals surface area (Å²) in [5.74, 6) is -4.50. The first-order chi connectivity index (χ1) is 29.0. The van der Waals surface area contributed by atoms with Gasteiger partial charge in [-0.05, 0) is 72.8 Å². The van der Waals surface area contributed by atoms with E-state index in [0.717, 1.165) is 0 Å². The molecule has 1 aliphatic rings. The Kier molecular flexibility index (Phi) is 12.3. The van der Waals surface area contributed by atoms with E-state index in [9.17, 15) is 32.3 Å². The Hall–Kier alpha value is -7.33. The van der Waals surface area contributed by atoms with Gasteiger partial charge in [0.15, 0.2) is 30.0 Å². The Bertz CT molecular complexity index is 2420. The van der Waals surface area contributed by atoms with E-state index in [1.807, 2.05) is 0 Å². The number of esters is 4. The Morgan fingerprint density at radius 1 is 0.567 bits per heavy atom. The molecule has 13 nitrogen and oxygen atoms in total. The van der Waals surface area contributed by atoms with Crippen LogP contribution in [0, 0.1) is 0 Å². The SMILES string of the molecule is COc1ccc(-c2nnc(C3OC(OC(=O)c4ccccc4)C(OC(=O)c4ccccc4)C(OC(=O)c4ccccc4)C3OC(=O)c3ccccc3)n2CC(F)(F)F)cc1. The number of methoxy groups -OCH3 is 1. The number of ether oxygens (including phenoxy) is 6. The first-order valence-corrected chi connectivity index (χ1v) is 18.3. The van der Waals surface area contributed by atoms with Crippen LogP contribution in [0.2, 0.25) is 0 Å². The highest BCUT2D eigenvalue weighted by atomic mass is 19.4. The second kappa shape index (κ2) is 18.1. The molecule has 0 spiro atoms. The molecule has 7 rings (SSSR count). The lowest BCUT2D eigenvalue weighted by molar-refractivity contribution is -0.283. The number of carbonyl (C=O) groups is 4. The zero-order valence-corrected chi connectivity index (χ0v) is 31.5. The van der Waals surface area contributed by atoms with Gasteiger partial charge in [-0.3, -0.25) is 4.57 Å². The molecule has 1 aliphatic heterocycles. The molecule has 0 radical (unpaired) electrons. The van der Waals surface area contributed by atoms with Crippen LogP contribution in [0.15, 0.2) is 146 Å². The number of hydrogen-bond donors (Lipinski definition) is 0. The van der Waals surface area contributed by atoms with Crippen molar-refractivity contribution in [2.24, 2.45) is 0 Å². The van der Waals surface area contributed by atoms with Crippen molar-refractivity contribution in [2.75, 3.05) is 7.11 Å². The quantitative estimate of drug-likeness (QED) is 0.0890. The van der Waals surface area contributed by atoms with Gasteiger partial charge in [0.1, 0.15) is 12.3 Å². The van der Waals surface area contributed by atoms with Gasteiger partial charge in [0.2, 0.25) is 12.4 Å². The summed E-state index contributed by atoms with van der Waals surface area (Å²) in [6.07, 6.45) is -14.6. The van der Waals surface area contributed by atoms with Crippen molar-refractivity contribution in [3.8, 4) is 17.1 Å². The van der Waals surface area contributed by atoms with Crippen molar-refractivity contribution in [3.63, 3.8) is 0 Å². The molecular formula is C44H34F3N3O10. The van der Waals surface area contributed by atoms with Crippen molar-refractivity contribution < 1.29 is 60.8 Å². The predicted octanol–water partition coefficient (Wildman–Crippen LogP) is 7.45. The highest BCUT2D eigenvalue weighted by molar-refractivity contribution is 5.92. The molecule has 60 heavy (non-hydrogen) atoms.